The predicted octanol–water partition coefficient (Wildman–Crippen LogP) is 6.62. The molecule has 0 aliphatic heterocycles. The minimum absolute atomic E-state index is 0.00205. The number of ether oxygens (including phenoxy) is 2. The van der Waals surface area contributed by atoms with Gasteiger partial charge < -0.3 is 19.4 Å². The van der Waals surface area contributed by atoms with Gasteiger partial charge in [-0.15, -0.1) is 0 Å². The number of carboxylic acid groups (broad SMARTS) is 1. The normalized spacial score (nSPS) is 11.0. The van der Waals surface area contributed by atoms with Gasteiger partial charge in [0, 0.05) is 17.1 Å². The lowest BCUT2D eigenvalue weighted by atomic mass is 10.0. The second-order valence-corrected chi connectivity index (χ2v) is 10.7. The summed E-state index contributed by atoms with van der Waals surface area (Å²) in [5.41, 5.74) is 8.12. The molecule has 0 radical (unpaired) electrons. The third-order valence-electron chi connectivity index (χ3n) is 7.05. The molecule has 4 aromatic carbocycles. The molecule has 42 heavy (non-hydrogen) atoms. The summed E-state index contributed by atoms with van der Waals surface area (Å²) >= 11 is 0. The zero-order valence-corrected chi connectivity index (χ0v) is 24.2. The Balaban J connectivity index is 1.39. The van der Waals surface area contributed by atoms with Crippen molar-refractivity contribution >= 4 is 5.97 Å². The Hall–Kier alpha value is -4.84. The van der Waals surface area contributed by atoms with Crippen molar-refractivity contribution in [2.45, 2.75) is 52.9 Å². The van der Waals surface area contributed by atoms with Crippen molar-refractivity contribution in [3.63, 3.8) is 0 Å². The molecule has 0 amide bonds. The SMILES string of the molecule is Cc1cc(OCc2ccc(Cn3nc(-c4ccccc4)cc3-c3ccccc3)c(OC(C)C)c2)ccc1CCC(=O)[O-]. The zero-order valence-electron chi connectivity index (χ0n) is 24.2. The summed E-state index contributed by atoms with van der Waals surface area (Å²) in [6.07, 6.45) is 0.452. The monoisotopic (exact) mass is 559 g/mol. The molecule has 0 bridgehead atoms. The van der Waals surface area contributed by atoms with Gasteiger partial charge in [0.2, 0.25) is 0 Å². The molecular formula is C36H35N2O4-. The summed E-state index contributed by atoms with van der Waals surface area (Å²) in [6, 6.07) is 34.6. The lowest BCUT2D eigenvalue weighted by molar-refractivity contribution is -0.305. The number of carboxylic acids is 1. The number of aromatic nitrogens is 2. The fourth-order valence-corrected chi connectivity index (χ4v) is 4.91. The Labute approximate surface area is 247 Å². The van der Waals surface area contributed by atoms with Crippen LogP contribution in [0.5, 0.6) is 11.5 Å². The molecule has 0 aliphatic carbocycles. The number of aliphatic carboxylic acids is 1. The maximum Gasteiger partial charge on any atom is 0.125 e. The summed E-state index contributed by atoms with van der Waals surface area (Å²) in [7, 11) is 0. The van der Waals surface area contributed by atoms with Crippen molar-refractivity contribution < 1.29 is 19.4 Å². The number of carbonyl (C=O) groups excluding carboxylic acids is 1. The first kappa shape index (κ1) is 28.7. The minimum atomic E-state index is -1.04. The topological polar surface area (TPSA) is 76.4 Å². The first-order chi connectivity index (χ1) is 20.4. The number of nitrogens with zero attached hydrogens (tertiary/aromatic N) is 2. The molecule has 0 saturated heterocycles. The van der Waals surface area contributed by atoms with Gasteiger partial charge in [-0.25, -0.2) is 0 Å². The standard InChI is InChI=1S/C36H36N2O4/c1-25(2)42-35-21-27(24-41-32-18-16-28(26(3)20-32)17-19-36(39)40)14-15-31(35)23-38-34(30-12-8-5-9-13-30)22-33(37-38)29-10-6-4-7-11-29/h4-16,18,20-22,25H,17,19,23-24H2,1-3H3,(H,39,40)/p-1. The predicted molar refractivity (Wildman–Crippen MR) is 163 cm³/mol. The van der Waals surface area contributed by atoms with Crippen LogP contribution in [0.25, 0.3) is 22.5 Å². The van der Waals surface area contributed by atoms with Gasteiger partial charge >= 0.3 is 0 Å². The van der Waals surface area contributed by atoms with E-state index in [1.807, 2.05) is 86.1 Å². The average molecular weight is 560 g/mol. The molecule has 0 unspecified atom stereocenters. The number of rotatable bonds is 12. The first-order valence-electron chi connectivity index (χ1n) is 14.2. The second-order valence-electron chi connectivity index (χ2n) is 10.7. The fraction of sp³-hybridized carbons (Fsp3) is 0.222. The van der Waals surface area contributed by atoms with Gasteiger partial charge in [0.25, 0.3) is 0 Å². The highest BCUT2D eigenvalue weighted by Gasteiger charge is 2.15. The minimum Gasteiger partial charge on any atom is -0.550 e. The lowest BCUT2D eigenvalue weighted by Gasteiger charge is -2.17. The van der Waals surface area contributed by atoms with Gasteiger partial charge in [-0.3, -0.25) is 4.68 Å². The number of hydrogen-bond donors (Lipinski definition) is 0. The number of benzene rings is 4. The molecule has 0 fully saturated rings. The maximum atomic E-state index is 10.8. The summed E-state index contributed by atoms with van der Waals surface area (Å²) in [6.45, 7) is 6.93. The molecule has 0 saturated carbocycles. The van der Waals surface area contributed by atoms with Crippen LogP contribution in [0.15, 0.2) is 103 Å². The lowest BCUT2D eigenvalue weighted by Crippen LogP contribution is -2.22. The van der Waals surface area contributed by atoms with Gasteiger partial charge in [0.1, 0.15) is 18.1 Å². The van der Waals surface area contributed by atoms with Gasteiger partial charge in [0.15, 0.2) is 0 Å². The van der Waals surface area contributed by atoms with Gasteiger partial charge in [0.05, 0.1) is 24.0 Å². The highest BCUT2D eigenvalue weighted by molar-refractivity contribution is 5.69. The van der Waals surface area contributed by atoms with Gasteiger partial charge in [-0.1, -0.05) is 78.9 Å². The van der Waals surface area contributed by atoms with Crippen LogP contribution in [0.2, 0.25) is 0 Å². The van der Waals surface area contributed by atoms with Crippen LogP contribution in [0.3, 0.4) is 0 Å². The molecule has 214 valence electrons. The van der Waals surface area contributed by atoms with Gasteiger partial charge in [-0.2, -0.15) is 5.10 Å². The Morgan fingerprint density at radius 1 is 0.857 bits per heavy atom. The van der Waals surface area contributed by atoms with Crippen LogP contribution in [0, 0.1) is 6.92 Å². The van der Waals surface area contributed by atoms with E-state index in [1.54, 1.807) is 0 Å². The van der Waals surface area contributed by atoms with E-state index in [-0.39, 0.29) is 12.5 Å². The zero-order chi connectivity index (χ0) is 29.5. The van der Waals surface area contributed by atoms with Crippen LogP contribution < -0.4 is 14.6 Å². The van der Waals surface area contributed by atoms with Crippen molar-refractivity contribution in [3.05, 3.63) is 125 Å². The van der Waals surface area contributed by atoms with Crippen molar-refractivity contribution in [1.82, 2.24) is 9.78 Å². The molecule has 0 atom stereocenters. The van der Waals surface area contributed by atoms with Crippen LogP contribution in [0.1, 0.15) is 42.5 Å². The van der Waals surface area contributed by atoms with Crippen molar-refractivity contribution in [1.29, 1.82) is 0 Å². The molecular weight excluding hydrogens is 524 g/mol. The third-order valence-corrected chi connectivity index (χ3v) is 7.05. The highest BCUT2D eigenvalue weighted by atomic mass is 16.5. The second kappa shape index (κ2) is 13.2. The molecule has 0 spiro atoms. The molecule has 0 aliphatic rings. The maximum absolute atomic E-state index is 10.8. The van der Waals surface area contributed by atoms with Crippen molar-refractivity contribution in [2.24, 2.45) is 0 Å². The quantitative estimate of drug-likeness (QED) is 0.172. The van der Waals surface area contributed by atoms with E-state index in [9.17, 15) is 9.90 Å². The third kappa shape index (κ3) is 7.26. The molecule has 1 aromatic heterocycles. The number of hydrogen-bond acceptors (Lipinski definition) is 5. The van der Waals surface area contributed by atoms with Crippen LogP contribution in [0.4, 0.5) is 0 Å². The molecule has 1 heterocycles. The molecule has 6 heteroatoms. The highest BCUT2D eigenvalue weighted by Crippen LogP contribution is 2.30. The Kier molecular flexibility index (Phi) is 9.02. The number of aryl methyl sites for hydroxylation is 2. The summed E-state index contributed by atoms with van der Waals surface area (Å²) < 4.78 is 14.4. The van der Waals surface area contributed by atoms with E-state index in [2.05, 4.69) is 42.5 Å². The molecule has 0 N–H and O–H groups in total. The van der Waals surface area contributed by atoms with E-state index in [0.717, 1.165) is 56.3 Å². The van der Waals surface area contributed by atoms with Crippen molar-refractivity contribution in [2.75, 3.05) is 0 Å². The Bertz CT molecular complexity index is 1640. The molecule has 5 aromatic rings. The first-order valence-corrected chi connectivity index (χ1v) is 14.2. The summed E-state index contributed by atoms with van der Waals surface area (Å²) in [4.78, 5) is 10.8. The average Bonchev–Trinajstić information content (AvgIpc) is 3.41. The Morgan fingerprint density at radius 2 is 1.55 bits per heavy atom. The van der Waals surface area contributed by atoms with Crippen LogP contribution in [-0.4, -0.2) is 21.9 Å². The van der Waals surface area contributed by atoms with Crippen LogP contribution in [-0.2, 0) is 24.4 Å². The smallest absolute Gasteiger partial charge is 0.125 e. The largest absolute Gasteiger partial charge is 0.550 e. The van der Waals surface area contributed by atoms with E-state index in [1.165, 1.54) is 0 Å². The van der Waals surface area contributed by atoms with Gasteiger partial charge in [-0.05, 0) is 80.1 Å². The summed E-state index contributed by atoms with van der Waals surface area (Å²) in [5.74, 6) is 0.492. The molecule has 5 rings (SSSR count). The summed E-state index contributed by atoms with van der Waals surface area (Å²) in [5, 5.41) is 15.8. The van der Waals surface area contributed by atoms with E-state index >= 15 is 0 Å². The van der Waals surface area contributed by atoms with E-state index < -0.39 is 5.97 Å². The number of carbonyl (C=O) groups is 1. The van der Waals surface area contributed by atoms with E-state index in [0.29, 0.717) is 19.6 Å². The Morgan fingerprint density at radius 3 is 2.21 bits per heavy atom. The fourth-order valence-electron chi connectivity index (χ4n) is 4.91. The molecule has 6 nitrogen and oxygen atoms in total. The van der Waals surface area contributed by atoms with Crippen molar-refractivity contribution in [3.8, 4) is 34.0 Å². The van der Waals surface area contributed by atoms with E-state index in [4.69, 9.17) is 14.6 Å². The van der Waals surface area contributed by atoms with Crippen LogP contribution >= 0.6 is 0 Å².